The van der Waals surface area contributed by atoms with E-state index in [0.29, 0.717) is 11.1 Å². The first-order chi connectivity index (χ1) is 24.1. The molecule has 0 radical (unpaired) electrons. The van der Waals surface area contributed by atoms with Gasteiger partial charge in [0.25, 0.3) is 0 Å². The molecule has 1 aliphatic carbocycles. The number of carbonyl (C=O) groups is 2. The average Bonchev–Trinajstić information content (AvgIpc) is 3.29. The summed E-state index contributed by atoms with van der Waals surface area (Å²) in [5, 5.41) is 6.43. The van der Waals surface area contributed by atoms with E-state index < -0.39 is 0 Å². The van der Waals surface area contributed by atoms with Gasteiger partial charge in [0.1, 0.15) is 0 Å². The second-order valence-electron chi connectivity index (χ2n) is 12.8. The van der Waals surface area contributed by atoms with Gasteiger partial charge in [-0.15, -0.1) is 0 Å². The third-order valence-electron chi connectivity index (χ3n) is 10.0. The third-order valence-corrected chi connectivity index (χ3v) is 10.0. The van der Waals surface area contributed by atoms with Crippen molar-refractivity contribution in [2.75, 3.05) is 4.90 Å². The number of benzene rings is 8. The first-order valence-electron chi connectivity index (χ1n) is 16.5. The van der Waals surface area contributed by atoms with Crippen LogP contribution in [0.2, 0.25) is 0 Å². The lowest BCUT2D eigenvalue weighted by Crippen LogP contribution is -2.11. The number of rotatable bonds is 2. The molecule has 2 aliphatic rings. The molecule has 1 heterocycles. The highest BCUT2D eigenvalue weighted by Crippen LogP contribution is 2.53. The Morgan fingerprint density at radius 1 is 0.408 bits per heavy atom. The molecule has 0 N–H and O–H groups in total. The van der Waals surface area contributed by atoms with Gasteiger partial charge in [-0.3, -0.25) is 9.59 Å². The topological polar surface area (TPSA) is 37.4 Å². The molecule has 1 aliphatic heterocycles. The number of hydrogen-bond acceptors (Lipinski definition) is 3. The van der Waals surface area contributed by atoms with Gasteiger partial charge in [0.2, 0.25) is 0 Å². The molecule has 10 rings (SSSR count). The van der Waals surface area contributed by atoms with Gasteiger partial charge in [0.05, 0.1) is 16.9 Å². The Morgan fingerprint density at radius 2 is 0.980 bits per heavy atom. The first kappa shape index (κ1) is 27.5. The van der Waals surface area contributed by atoms with E-state index in [1.54, 1.807) is 6.08 Å². The summed E-state index contributed by atoms with van der Waals surface area (Å²) in [6, 6.07) is 54.5. The number of hydrogen-bond donors (Lipinski definition) is 0. The summed E-state index contributed by atoms with van der Waals surface area (Å²) >= 11 is 0. The maximum atomic E-state index is 13.6. The lowest BCUT2D eigenvalue weighted by Gasteiger charge is -2.28. The molecular weight excluding hydrogens is 599 g/mol. The highest BCUT2D eigenvalue weighted by molar-refractivity contribution is 6.42. The highest BCUT2D eigenvalue weighted by atomic mass is 16.2. The van der Waals surface area contributed by atoms with E-state index in [1.807, 2.05) is 42.5 Å². The van der Waals surface area contributed by atoms with E-state index in [1.165, 1.54) is 21.9 Å². The van der Waals surface area contributed by atoms with Crippen LogP contribution < -0.4 is 4.90 Å². The molecule has 0 unspecified atom stereocenters. The van der Waals surface area contributed by atoms with Crippen molar-refractivity contribution in [3.63, 3.8) is 0 Å². The van der Waals surface area contributed by atoms with Crippen LogP contribution in [0.4, 0.5) is 17.1 Å². The Hall–Kier alpha value is -6.58. The van der Waals surface area contributed by atoms with Crippen molar-refractivity contribution in [1.29, 1.82) is 0 Å². The summed E-state index contributed by atoms with van der Waals surface area (Å²) in [6.07, 6.45) is 1.76. The summed E-state index contributed by atoms with van der Waals surface area (Å²) in [7, 11) is 0. The molecule has 0 saturated carbocycles. The Kier molecular flexibility index (Phi) is 5.88. The third kappa shape index (κ3) is 4.16. The van der Waals surface area contributed by atoms with E-state index in [9.17, 15) is 9.59 Å². The van der Waals surface area contributed by atoms with E-state index in [2.05, 4.69) is 120 Å². The fourth-order valence-electron chi connectivity index (χ4n) is 7.75. The molecule has 0 bridgehead atoms. The zero-order chi connectivity index (χ0) is 32.6. The zero-order valence-electron chi connectivity index (χ0n) is 26.4. The lowest BCUT2D eigenvalue weighted by molar-refractivity contribution is 0.0990. The Bertz CT molecular complexity index is 2700. The minimum atomic E-state index is -0.217. The van der Waals surface area contributed by atoms with Gasteiger partial charge in [0.15, 0.2) is 11.6 Å². The normalized spacial score (nSPS) is 13.3. The number of nitrogens with zero attached hydrogens (tertiary/aromatic N) is 1. The van der Waals surface area contributed by atoms with E-state index in [4.69, 9.17) is 0 Å². The molecule has 8 aromatic carbocycles. The van der Waals surface area contributed by atoms with Crippen LogP contribution in [0.3, 0.4) is 0 Å². The van der Waals surface area contributed by atoms with Gasteiger partial charge >= 0.3 is 0 Å². The van der Waals surface area contributed by atoms with Crippen LogP contribution in [0.1, 0.15) is 26.3 Å². The SMILES string of the molecule is O=C1C(=Cc2ccc3c4c(ccc3c2)N(c2ccccc2)c2cc3ccccc3cc2-c2ccccc2-4)C(=O)c2cc3ccccc3cc21. The Labute approximate surface area is 283 Å². The Balaban J connectivity index is 1.18. The van der Waals surface area contributed by atoms with Crippen LogP contribution in [0.25, 0.3) is 60.6 Å². The van der Waals surface area contributed by atoms with Crippen molar-refractivity contribution in [3.05, 3.63) is 180 Å². The fraction of sp³-hybridized carbons (Fsp3) is 0. The summed E-state index contributed by atoms with van der Waals surface area (Å²) < 4.78 is 0. The van der Waals surface area contributed by atoms with Crippen LogP contribution in [0.5, 0.6) is 0 Å². The predicted octanol–water partition coefficient (Wildman–Crippen LogP) is 11.7. The van der Waals surface area contributed by atoms with Crippen molar-refractivity contribution in [3.8, 4) is 22.3 Å². The number of anilines is 3. The van der Waals surface area contributed by atoms with Crippen LogP contribution in [0.15, 0.2) is 163 Å². The Morgan fingerprint density at radius 3 is 1.65 bits per heavy atom. The summed E-state index contributed by atoms with van der Waals surface area (Å²) in [6.45, 7) is 0. The van der Waals surface area contributed by atoms with E-state index in [-0.39, 0.29) is 17.1 Å². The predicted molar refractivity (Wildman–Crippen MR) is 201 cm³/mol. The maximum absolute atomic E-state index is 13.6. The molecule has 0 aromatic heterocycles. The molecule has 228 valence electrons. The second kappa shape index (κ2) is 10.5. The molecule has 8 aromatic rings. The smallest absolute Gasteiger partial charge is 0.197 e. The first-order valence-corrected chi connectivity index (χ1v) is 16.5. The van der Waals surface area contributed by atoms with Crippen molar-refractivity contribution in [1.82, 2.24) is 0 Å². The van der Waals surface area contributed by atoms with Crippen LogP contribution in [0, 0.1) is 0 Å². The molecule has 0 spiro atoms. The number of para-hydroxylation sites is 1. The maximum Gasteiger partial charge on any atom is 0.197 e. The minimum Gasteiger partial charge on any atom is -0.309 e. The zero-order valence-corrected chi connectivity index (χ0v) is 26.4. The summed E-state index contributed by atoms with van der Waals surface area (Å²) in [5.74, 6) is -0.435. The number of Topliss-reactive ketones (excluding diaryl/α,β-unsaturated/α-hetero) is 2. The minimum absolute atomic E-state index is 0.211. The van der Waals surface area contributed by atoms with Crippen molar-refractivity contribution < 1.29 is 9.59 Å². The number of allylic oxidation sites excluding steroid dienone is 1. The fourth-order valence-corrected chi connectivity index (χ4v) is 7.75. The van der Waals surface area contributed by atoms with E-state index >= 15 is 0 Å². The lowest BCUT2D eigenvalue weighted by atomic mass is 9.90. The number of carbonyl (C=O) groups excluding carboxylic acids is 2. The van der Waals surface area contributed by atoms with Crippen molar-refractivity contribution >= 4 is 67.0 Å². The second-order valence-corrected chi connectivity index (χ2v) is 12.8. The quantitative estimate of drug-likeness (QED) is 0.142. The monoisotopic (exact) mass is 625 g/mol. The number of ketones is 2. The summed E-state index contributed by atoms with van der Waals surface area (Å²) in [5.41, 5.74) is 9.94. The molecule has 49 heavy (non-hydrogen) atoms. The van der Waals surface area contributed by atoms with Crippen LogP contribution >= 0.6 is 0 Å². The van der Waals surface area contributed by atoms with Gasteiger partial charge in [-0.25, -0.2) is 0 Å². The highest BCUT2D eigenvalue weighted by Gasteiger charge is 2.33. The van der Waals surface area contributed by atoms with Gasteiger partial charge in [-0.2, -0.15) is 0 Å². The van der Waals surface area contributed by atoms with Gasteiger partial charge in [-0.1, -0.05) is 109 Å². The number of fused-ring (bicyclic) bond motifs is 10. The molecule has 0 fully saturated rings. The molecule has 0 amide bonds. The summed E-state index contributed by atoms with van der Waals surface area (Å²) in [4.78, 5) is 29.5. The van der Waals surface area contributed by atoms with Gasteiger partial charge < -0.3 is 4.90 Å². The van der Waals surface area contributed by atoms with Gasteiger partial charge in [0, 0.05) is 27.9 Å². The molecule has 3 nitrogen and oxygen atoms in total. The molecular formula is C46H27NO2. The van der Waals surface area contributed by atoms with Crippen molar-refractivity contribution in [2.45, 2.75) is 0 Å². The molecule has 0 atom stereocenters. The van der Waals surface area contributed by atoms with Crippen LogP contribution in [-0.4, -0.2) is 11.6 Å². The van der Waals surface area contributed by atoms with Crippen molar-refractivity contribution in [2.24, 2.45) is 0 Å². The average molecular weight is 626 g/mol. The van der Waals surface area contributed by atoms with Gasteiger partial charge in [-0.05, 0) is 104 Å². The van der Waals surface area contributed by atoms with Crippen LogP contribution in [-0.2, 0) is 0 Å². The standard InChI is InChI=1S/C46H27NO2/c48-45-39-25-30-11-4-5-12-31(30)26-40(39)46(49)41(45)23-28-18-20-35-33(22-28)19-21-42-44(35)37-17-9-8-16-36(37)38-24-29-10-6-7-13-32(29)27-43(38)47(42)34-14-2-1-3-15-34/h1-27H. The molecule has 3 heteroatoms. The van der Waals surface area contributed by atoms with E-state index in [0.717, 1.165) is 55.3 Å². The molecule has 0 saturated heterocycles. The largest absolute Gasteiger partial charge is 0.309 e.